The molecular weight excluding hydrogens is 172 g/mol. The van der Waals surface area contributed by atoms with Crippen molar-refractivity contribution in [1.82, 2.24) is 0 Å². The molecule has 1 N–H and O–H groups in total. The molecule has 1 aromatic rings. The van der Waals surface area contributed by atoms with Crippen molar-refractivity contribution in [3.63, 3.8) is 0 Å². The Labute approximate surface area is 76.2 Å². The summed E-state index contributed by atoms with van der Waals surface area (Å²) >= 11 is 0. The van der Waals surface area contributed by atoms with Crippen LogP contribution < -0.4 is 5.82 Å². The average molecular weight is 186 g/mol. The number of aryl methyl sites for hydroxylation is 1. The SMILES string of the molecule is CCCCCc1oc(=O)oc1CO. The maximum atomic E-state index is 10.7. The zero-order chi connectivity index (χ0) is 9.68. The summed E-state index contributed by atoms with van der Waals surface area (Å²) in [6, 6.07) is 0. The maximum Gasteiger partial charge on any atom is 0.519 e. The van der Waals surface area contributed by atoms with E-state index in [0.717, 1.165) is 19.3 Å². The molecule has 74 valence electrons. The van der Waals surface area contributed by atoms with Gasteiger partial charge < -0.3 is 13.9 Å². The van der Waals surface area contributed by atoms with Crippen LogP contribution in [0, 0.1) is 0 Å². The van der Waals surface area contributed by atoms with E-state index in [-0.39, 0.29) is 12.4 Å². The predicted molar refractivity (Wildman–Crippen MR) is 46.4 cm³/mol. The number of hydrogen-bond acceptors (Lipinski definition) is 4. The van der Waals surface area contributed by atoms with Crippen LogP contribution in [0.25, 0.3) is 0 Å². The Bertz CT molecular complexity index is 297. The second-order valence-corrected chi connectivity index (χ2v) is 2.92. The molecule has 0 atom stereocenters. The van der Waals surface area contributed by atoms with Gasteiger partial charge in [0.25, 0.3) is 0 Å². The van der Waals surface area contributed by atoms with Crippen LogP contribution in [0.5, 0.6) is 0 Å². The lowest BCUT2D eigenvalue weighted by Crippen LogP contribution is -1.89. The van der Waals surface area contributed by atoms with Crippen LogP contribution in [0.1, 0.15) is 37.7 Å². The molecule has 0 fully saturated rings. The summed E-state index contributed by atoms with van der Waals surface area (Å²) in [5.41, 5.74) is 0. The van der Waals surface area contributed by atoms with Gasteiger partial charge in [-0.15, -0.1) is 0 Å². The van der Waals surface area contributed by atoms with Crippen molar-refractivity contribution in [3.05, 3.63) is 22.1 Å². The van der Waals surface area contributed by atoms with E-state index in [4.69, 9.17) is 9.52 Å². The highest BCUT2D eigenvalue weighted by atomic mass is 16.6. The second-order valence-electron chi connectivity index (χ2n) is 2.92. The molecular formula is C9H14O4. The Hall–Kier alpha value is -1.03. The van der Waals surface area contributed by atoms with E-state index in [9.17, 15) is 4.79 Å². The predicted octanol–water partition coefficient (Wildman–Crippen LogP) is 1.46. The summed E-state index contributed by atoms with van der Waals surface area (Å²) in [7, 11) is 0. The fourth-order valence-corrected chi connectivity index (χ4v) is 1.18. The van der Waals surface area contributed by atoms with Gasteiger partial charge in [-0.3, -0.25) is 0 Å². The van der Waals surface area contributed by atoms with E-state index in [1.807, 2.05) is 0 Å². The molecule has 13 heavy (non-hydrogen) atoms. The van der Waals surface area contributed by atoms with Gasteiger partial charge >= 0.3 is 5.82 Å². The largest absolute Gasteiger partial charge is 0.519 e. The zero-order valence-electron chi connectivity index (χ0n) is 7.71. The zero-order valence-corrected chi connectivity index (χ0v) is 7.71. The third kappa shape index (κ3) is 2.73. The molecule has 0 aliphatic carbocycles. The van der Waals surface area contributed by atoms with Gasteiger partial charge in [0, 0.05) is 6.42 Å². The highest BCUT2D eigenvalue weighted by Gasteiger charge is 2.10. The number of unbranched alkanes of at least 4 members (excludes halogenated alkanes) is 2. The minimum absolute atomic E-state index is 0.265. The van der Waals surface area contributed by atoms with Crippen LogP contribution in [0.2, 0.25) is 0 Å². The van der Waals surface area contributed by atoms with Gasteiger partial charge in [-0.2, -0.15) is 0 Å². The van der Waals surface area contributed by atoms with Crippen molar-refractivity contribution in [2.45, 2.75) is 39.2 Å². The molecule has 0 saturated carbocycles. The summed E-state index contributed by atoms with van der Waals surface area (Å²) in [4.78, 5) is 10.7. The van der Waals surface area contributed by atoms with Crippen LogP contribution in [0.3, 0.4) is 0 Å². The Morgan fingerprint density at radius 2 is 1.92 bits per heavy atom. The van der Waals surface area contributed by atoms with Crippen LogP contribution in [-0.4, -0.2) is 5.11 Å². The molecule has 0 amide bonds. The molecule has 0 aliphatic heterocycles. The summed E-state index contributed by atoms with van der Waals surface area (Å²) in [5.74, 6) is 0.0256. The minimum atomic E-state index is -0.726. The van der Waals surface area contributed by atoms with E-state index in [1.54, 1.807) is 0 Å². The summed E-state index contributed by atoms with van der Waals surface area (Å²) in [6.45, 7) is 1.83. The molecule has 0 aromatic carbocycles. The van der Waals surface area contributed by atoms with Crippen LogP contribution in [0.4, 0.5) is 0 Å². The van der Waals surface area contributed by atoms with Crippen molar-refractivity contribution in [2.24, 2.45) is 0 Å². The van der Waals surface area contributed by atoms with Gasteiger partial charge in [0.1, 0.15) is 6.61 Å². The molecule has 0 aliphatic rings. The topological polar surface area (TPSA) is 63.6 Å². The van der Waals surface area contributed by atoms with E-state index in [2.05, 4.69) is 11.3 Å². The van der Waals surface area contributed by atoms with E-state index >= 15 is 0 Å². The van der Waals surface area contributed by atoms with Gasteiger partial charge in [-0.25, -0.2) is 4.79 Å². The highest BCUT2D eigenvalue weighted by molar-refractivity contribution is 5.01. The fourth-order valence-electron chi connectivity index (χ4n) is 1.18. The first kappa shape index (κ1) is 10.1. The fraction of sp³-hybridized carbons (Fsp3) is 0.667. The standard InChI is InChI=1S/C9H14O4/c1-2-3-4-5-7-8(6-10)13-9(11)12-7/h10H,2-6H2,1H3. The van der Waals surface area contributed by atoms with Crippen molar-refractivity contribution < 1.29 is 13.9 Å². The Morgan fingerprint density at radius 3 is 2.54 bits per heavy atom. The van der Waals surface area contributed by atoms with Crippen LogP contribution >= 0.6 is 0 Å². The quantitative estimate of drug-likeness (QED) is 0.707. The Morgan fingerprint density at radius 1 is 1.23 bits per heavy atom. The van der Waals surface area contributed by atoms with Crippen molar-refractivity contribution in [3.8, 4) is 0 Å². The third-order valence-electron chi connectivity index (χ3n) is 1.88. The van der Waals surface area contributed by atoms with Gasteiger partial charge in [-0.05, 0) is 6.42 Å². The van der Waals surface area contributed by atoms with Crippen molar-refractivity contribution in [1.29, 1.82) is 0 Å². The lowest BCUT2D eigenvalue weighted by molar-refractivity contribution is 0.240. The Kier molecular flexibility index (Phi) is 3.76. The molecule has 0 spiro atoms. The number of hydrogen-bond donors (Lipinski definition) is 1. The molecule has 4 heteroatoms. The lowest BCUT2D eigenvalue weighted by atomic mass is 10.1. The summed E-state index contributed by atoms with van der Waals surface area (Å²) in [5, 5.41) is 8.80. The normalized spacial score (nSPS) is 10.6. The number of aliphatic hydroxyl groups is 1. The lowest BCUT2D eigenvalue weighted by Gasteiger charge is -1.95. The van der Waals surface area contributed by atoms with E-state index in [1.165, 1.54) is 0 Å². The highest BCUT2D eigenvalue weighted by Crippen LogP contribution is 2.11. The van der Waals surface area contributed by atoms with Gasteiger partial charge in [0.15, 0.2) is 11.5 Å². The molecule has 0 bridgehead atoms. The van der Waals surface area contributed by atoms with Gasteiger partial charge in [0.2, 0.25) is 0 Å². The number of aliphatic hydroxyl groups excluding tert-OH is 1. The molecule has 1 aromatic heterocycles. The first-order valence-electron chi connectivity index (χ1n) is 4.50. The number of rotatable bonds is 5. The molecule has 1 rings (SSSR count). The van der Waals surface area contributed by atoms with Gasteiger partial charge in [-0.1, -0.05) is 19.8 Å². The molecule has 0 unspecified atom stereocenters. The molecule has 0 saturated heterocycles. The second kappa shape index (κ2) is 4.87. The summed E-state index contributed by atoms with van der Waals surface area (Å²) in [6.07, 6.45) is 3.80. The first-order valence-corrected chi connectivity index (χ1v) is 4.50. The molecule has 4 nitrogen and oxygen atoms in total. The maximum absolute atomic E-state index is 10.7. The monoisotopic (exact) mass is 186 g/mol. The van der Waals surface area contributed by atoms with E-state index in [0.29, 0.717) is 12.2 Å². The smallest absolute Gasteiger partial charge is 0.396 e. The average Bonchev–Trinajstić information content (AvgIpc) is 2.47. The van der Waals surface area contributed by atoms with Crippen molar-refractivity contribution in [2.75, 3.05) is 0 Å². The van der Waals surface area contributed by atoms with Crippen LogP contribution in [0.15, 0.2) is 13.6 Å². The van der Waals surface area contributed by atoms with Gasteiger partial charge in [0.05, 0.1) is 0 Å². The van der Waals surface area contributed by atoms with Crippen molar-refractivity contribution >= 4 is 0 Å². The third-order valence-corrected chi connectivity index (χ3v) is 1.88. The first-order chi connectivity index (χ1) is 6.27. The minimum Gasteiger partial charge on any atom is -0.396 e. The Balaban J connectivity index is 2.59. The molecule has 1 heterocycles. The van der Waals surface area contributed by atoms with Crippen LogP contribution in [-0.2, 0) is 13.0 Å². The van der Waals surface area contributed by atoms with E-state index < -0.39 is 5.82 Å². The molecule has 0 radical (unpaired) electrons. The summed E-state index contributed by atoms with van der Waals surface area (Å²) < 4.78 is 9.39.